The molecule has 0 aliphatic heterocycles. The number of aromatic nitrogens is 1. The highest BCUT2D eigenvalue weighted by atomic mass is 32.2. The first kappa shape index (κ1) is 20.7. The maximum absolute atomic E-state index is 12.9. The molecular formula is C19H13FN4O5S. The molecule has 152 valence electrons. The summed E-state index contributed by atoms with van der Waals surface area (Å²) in [5.41, 5.74) is 0.133. The van der Waals surface area contributed by atoms with E-state index in [2.05, 4.69) is 15.6 Å². The fourth-order valence-corrected chi connectivity index (χ4v) is 3.28. The average molecular weight is 428 g/mol. The van der Waals surface area contributed by atoms with Crippen molar-refractivity contribution in [1.29, 1.82) is 0 Å². The summed E-state index contributed by atoms with van der Waals surface area (Å²) < 4.78 is 12.9. The van der Waals surface area contributed by atoms with Crippen LogP contribution in [0.4, 0.5) is 26.4 Å². The zero-order chi connectivity index (χ0) is 21.7. The molecule has 0 unspecified atom stereocenters. The minimum Gasteiger partial charge on any atom is -0.465 e. The third kappa shape index (κ3) is 5.29. The number of hydrogen-bond acceptors (Lipinski definition) is 6. The summed E-state index contributed by atoms with van der Waals surface area (Å²) in [5, 5.41) is 24.8. The molecule has 0 atom stereocenters. The molecule has 30 heavy (non-hydrogen) atoms. The number of anilines is 2. The third-order valence-corrected chi connectivity index (χ3v) is 4.79. The van der Waals surface area contributed by atoms with Crippen LogP contribution in [0.2, 0.25) is 0 Å². The zero-order valence-electron chi connectivity index (χ0n) is 15.0. The Bertz CT molecular complexity index is 1110. The van der Waals surface area contributed by atoms with Crippen molar-refractivity contribution in [3.05, 3.63) is 82.3 Å². The smallest absolute Gasteiger partial charge is 0.409 e. The van der Waals surface area contributed by atoms with Gasteiger partial charge in [-0.1, -0.05) is 11.8 Å². The first-order chi connectivity index (χ1) is 14.3. The van der Waals surface area contributed by atoms with Gasteiger partial charge in [0.05, 0.1) is 16.0 Å². The van der Waals surface area contributed by atoms with E-state index in [4.69, 9.17) is 5.11 Å². The maximum atomic E-state index is 12.9. The number of nitrogens with zero attached hydrogens (tertiary/aromatic N) is 2. The van der Waals surface area contributed by atoms with Crippen molar-refractivity contribution >= 4 is 41.0 Å². The molecule has 1 aromatic heterocycles. The van der Waals surface area contributed by atoms with Gasteiger partial charge < -0.3 is 10.4 Å². The van der Waals surface area contributed by atoms with Gasteiger partial charge in [0.2, 0.25) is 0 Å². The second-order valence-corrected chi connectivity index (χ2v) is 6.93. The number of nitro groups is 1. The van der Waals surface area contributed by atoms with Crippen LogP contribution >= 0.6 is 11.8 Å². The highest BCUT2D eigenvalue weighted by molar-refractivity contribution is 7.99. The van der Waals surface area contributed by atoms with Crippen molar-refractivity contribution in [2.24, 2.45) is 0 Å². The minimum absolute atomic E-state index is 0.0400. The van der Waals surface area contributed by atoms with E-state index in [1.165, 1.54) is 30.3 Å². The lowest BCUT2D eigenvalue weighted by Crippen LogP contribution is -2.13. The van der Waals surface area contributed by atoms with Gasteiger partial charge in [-0.15, -0.1) is 0 Å². The number of hydrogen-bond donors (Lipinski definition) is 3. The van der Waals surface area contributed by atoms with E-state index in [0.29, 0.717) is 15.5 Å². The van der Waals surface area contributed by atoms with Crippen molar-refractivity contribution in [2.45, 2.75) is 9.79 Å². The van der Waals surface area contributed by atoms with Crippen molar-refractivity contribution < 1.29 is 24.0 Å². The molecule has 2 aromatic carbocycles. The van der Waals surface area contributed by atoms with Crippen LogP contribution in [0.5, 0.6) is 0 Å². The summed E-state index contributed by atoms with van der Waals surface area (Å²) in [6, 6.07) is 12.7. The molecule has 11 heteroatoms. The molecule has 0 spiro atoms. The number of carboxylic acid groups (broad SMARTS) is 1. The number of benzene rings is 2. The number of pyridine rings is 1. The van der Waals surface area contributed by atoms with Gasteiger partial charge >= 0.3 is 6.09 Å². The normalized spacial score (nSPS) is 10.3. The van der Waals surface area contributed by atoms with Crippen molar-refractivity contribution in [3.63, 3.8) is 0 Å². The molecule has 9 nitrogen and oxygen atoms in total. The molecule has 0 aliphatic rings. The SMILES string of the molecule is O=C(O)Nc1ccc(Sc2ccc(C(=O)Nc3ccc(F)cn3)cc2[N+](=O)[O-])cc1. The summed E-state index contributed by atoms with van der Waals surface area (Å²) in [4.78, 5) is 38.5. The van der Waals surface area contributed by atoms with E-state index in [9.17, 15) is 24.1 Å². The summed E-state index contributed by atoms with van der Waals surface area (Å²) in [6.45, 7) is 0. The second kappa shape index (κ2) is 9.01. The summed E-state index contributed by atoms with van der Waals surface area (Å²) in [7, 11) is 0. The molecule has 2 amide bonds. The first-order valence-corrected chi connectivity index (χ1v) is 9.12. The molecule has 0 bridgehead atoms. The third-order valence-electron chi connectivity index (χ3n) is 3.72. The summed E-state index contributed by atoms with van der Waals surface area (Å²) in [6.07, 6.45) is -0.259. The fraction of sp³-hybridized carbons (Fsp3) is 0. The van der Waals surface area contributed by atoms with E-state index in [1.807, 2.05) is 0 Å². The molecule has 0 saturated heterocycles. The Kier molecular flexibility index (Phi) is 6.23. The van der Waals surface area contributed by atoms with Gasteiger partial charge in [0, 0.05) is 22.2 Å². The highest BCUT2D eigenvalue weighted by Gasteiger charge is 2.19. The number of carbonyl (C=O) groups excluding carboxylic acids is 1. The van der Waals surface area contributed by atoms with Gasteiger partial charge in [-0.05, 0) is 48.5 Å². The van der Waals surface area contributed by atoms with Crippen LogP contribution in [0.25, 0.3) is 0 Å². The van der Waals surface area contributed by atoms with Crippen LogP contribution < -0.4 is 10.6 Å². The topological polar surface area (TPSA) is 134 Å². The largest absolute Gasteiger partial charge is 0.465 e. The van der Waals surface area contributed by atoms with E-state index < -0.39 is 22.7 Å². The number of carbonyl (C=O) groups is 2. The lowest BCUT2D eigenvalue weighted by molar-refractivity contribution is -0.387. The van der Waals surface area contributed by atoms with Crippen LogP contribution in [0, 0.1) is 15.9 Å². The molecule has 3 aromatic rings. The molecule has 1 heterocycles. The molecular weight excluding hydrogens is 415 g/mol. The van der Waals surface area contributed by atoms with Gasteiger partial charge in [0.15, 0.2) is 0 Å². The van der Waals surface area contributed by atoms with E-state index in [-0.39, 0.29) is 17.1 Å². The van der Waals surface area contributed by atoms with E-state index >= 15 is 0 Å². The van der Waals surface area contributed by atoms with Gasteiger partial charge in [0.1, 0.15) is 11.6 Å². The van der Waals surface area contributed by atoms with Gasteiger partial charge in [-0.2, -0.15) is 0 Å². The molecule has 3 rings (SSSR count). The standard InChI is InChI=1S/C19H13FN4O5S/c20-12-2-8-17(21-10-12)23-18(25)11-1-7-16(15(9-11)24(28)29)30-14-5-3-13(4-6-14)22-19(26)27/h1-10,22H,(H,26,27)(H,21,23,25). The van der Waals surface area contributed by atoms with Crippen LogP contribution in [0.1, 0.15) is 10.4 Å². The van der Waals surface area contributed by atoms with E-state index in [0.717, 1.165) is 30.1 Å². The predicted octanol–water partition coefficient (Wildman–Crippen LogP) is 4.62. The van der Waals surface area contributed by atoms with E-state index in [1.54, 1.807) is 12.1 Å². The van der Waals surface area contributed by atoms with Crippen LogP contribution in [-0.4, -0.2) is 27.0 Å². The number of nitro benzene ring substituents is 1. The molecule has 0 aliphatic carbocycles. The van der Waals surface area contributed by atoms with Gasteiger partial charge in [-0.3, -0.25) is 20.2 Å². The maximum Gasteiger partial charge on any atom is 0.409 e. The fourth-order valence-electron chi connectivity index (χ4n) is 2.38. The summed E-state index contributed by atoms with van der Waals surface area (Å²) >= 11 is 1.09. The monoisotopic (exact) mass is 428 g/mol. The quantitative estimate of drug-likeness (QED) is 0.385. The second-order valence-electron chi connectivity index (χ2n) is 5.81. The van der Waals surface area contributed by atoms with Crippen LogP contribution in [-0.2, 0) is 0 Å². The molecule has 0 fully saturated rings. The number of nitrogens with one attached hydrogen (secondary N) is 2. The highest BCUT2D eigenvalue weighted by Crippen LogP contribution is 2.36. The number of amides is 2. The van der Waals surface area contributed by atoms with Crippen molar-refractivity contribution in [2.75, 3.05) is 10.6 Å². The number of halogens is 1. The lowest BCUT2D eigenvalue weighted by atomic mass is 10.2. The van der Waals surface area contributed by atoms with Gasteiger partial charge in [-0.25, -0.2) is 14.2 Å². The Hall–Kier alpha value is -3.99. The Morgan fingerprint density at radius 3 is 2.40 bits per heavy atom. The predicted molar refractivity (Wildman–Crippen MR) is 107 cm³/mol. The number of rotatable bonds is 6. The Labute approximate surface area is 173 Å². The molecule has 0 radical (unpaired) electrons. The Morgan fingerprint density at radius 1 is 1.07 bits per heavy atom. The Balaban J connectivity index is 1.79. The summed E-state index contributed by atoms with van der Waals surface area (Å²) in [5.74, 6) is -1.08. The average Bonchev–Trinajstić information content (AvgIpc) is 2.71. The van der Waals surface area contributed by atoms with Crippen LogP contribution in [0.15, 0.2) is 70.6 Å². The molecule has 0 saturated carbocycles. The van der Waals surface area contributed by atoms with Crippen molar-refractivity contribution in [3.8, 4) is 0 Å². The lowest BCUT2D eigenvalue weighted by Gasteiger charge is -2.08. The van der Waals surface area contributed by atoms with Gasteiger partial charge in [0.25, 0.3) is 11.6 Å². The zero-order valence-corrected chi connectivity index (χ0v) is 15.9. The Morgan fingerprint density at radius 2 is 1.80 bits per heavy atom. The van der Waals surface area contributed by atoms with Crippen LogP contribution in [0.3, 0.4) is 0 Å². The first-order valence-electron chi connectivity index (χ1n) is 8.31. The molecule has 3 N–H and O–H groups in total. The minimum atomic E-state index is -1.20. The van der Waals surface area contributed by atoms with Crippen molar-refractivity contribution in [1.82, 2.24) is 4.98 Å².